The Labute approximate surface area is 101 Å². The molecule has 17 heavy (non-hydrogen) atoms. The van der Waals surface area contributed by atoms with E-state index in [9.17, 15) is 9.59 Å². The van der Waals surface area contributed by atoms with Crippen LogP contribution in [0.3, 0.4) is 0 Å². The molecule has 0 spiro atoms. The first kappa shape index (κ1) is 13.2. The highest BCUT2D eigenvalue weighted by molar-refractivity contribution is 5.86. The highest BCUT2D eigenvalue weighted by Crippen LogP contribution is 2.07. The van der Waals surface area contributed by atoms with Gasteiger partial charge in [-0.1, -0.05) is 6.58 Å². The average Bonchev–Trinajstić information content (AvgIpc) is 2.25. The SMILES string of the molecule is C=C(C)C(=O)OCc1c(C)cc(C)n(C)c1=O. The molecule has 0 radical (unpaired) electrons. The maximum Gasteiger partial charge on any atom is 0.333 e. The fraction of sp³-hybridized carbons (Fsp3) is 0.385. The Kier molecular flexibility index (Phi) is 3.89. The van der Waals surface area contributed by atoms with Crippen molar-refractivity contribution in [1.82, 2.24) is 4.57 Å². The van der Waals surface area contributed by atoms with Crippen LogP contribution in [0.4, 0.5) is 0 Å². The van der Waals surface area contributed by atoms with E-state index >= 15 is 0 Å². The third kappa shape index (κ3) is 2.84. The fourth-order valence-corrected chi connectivity index (χ4v) is 1.47. The van der Waals surface area contributed by atoms with Gasteiger partial charge in [0.2, 0.25) is 0 Å². The van der Waals surface area contributed by atoms with E-state index in [-0.39, 0.29) is 12.2 Å². The fourth-order valence-electron chi connectivity index (χ4n) is 1.47. The average molecular weight is 235 g/mol. The number of hydrogen-bond donors (Lipinski definition) is 0. The smallest absolute Gasteiger partial charge is 0.333 e. The zero-order chi connectivity index (χ0) is 13.2. The maximum atomic E-state index is 11.9. The van der Waals surface area contributed by atoms with Gasteiger partial charge >= 0.3 is 5.97 Å². The zero-order valence-electron chi connectivity index (χ0n) is 10.7. The second kappa shape index (κ2) is 4.99. The minimum absolute atomic E-state index is 0.00944. The number of nitrogens with zero attached hydrogens (tertiary/aromatic N) is 1. The second-order valence-electron chi connectivity index (χ2n) is 4.17. The number of carbonyl (C=O) groups is 1. The van der Waals surface area contributed by atoms with Crippen molar-refractivity contribution in [2.24, 2.45) is 7.05 Å². The van der Waals surface area contributed by atoms with E-state index in [0.29, 0.717) is 11.1 Å². The minimum atomic E-state index is -0.480. The first-order valence-electron chi connectivity index (χ1n) is 5.33. The molecule has 0 aliphatic carbocycles. The van der Waals surface area contributed by atoms with Gasteiger partial charge in [0.05, 0.1) is 5.56 Å². The van der Waals surface area contributed by atoms with E-state index in [1.807, 2.05) is 19.9 Å². The maximum absolute atomic E-state index is 11.9. The third-order valence-electron chi connectivity index (χ3n) is 2.69. The van der Waals surface area contributed by atoms with Crippen LogP contribution >= 0.6 is 0 Å². The summed E-state index contributed by atoms with van der Waals surface area (Å²) in [6, 6.07) is 1.89. The van der Waals surface area contributed by atoms with Gasteiger partial charge in [0, 0.05) is 18.3 Å². The molecule has 92 valence electrons. The van der Waals surface area contributed by atoms with Crippen molar-refractivity contribution in [3.05, 3.63) is 45.4 Å². The van der Waals surface area contributed by atoms with Gasteiger partial charge < -0.3 is 9.30 Å². The molecule has 0 amide bonds. The summed E-state index contributed by atoms with van der Waals surface area (Å²) in [4.78, 5) is 23.2. The molecule has 1 rings (SSSR count). The predicted molar refractivity (Wildman–Crippen MR) is 65.8 cm³/mol. The molecule has 0 N–H and O–H groups in total. The van der Waals surface area contributed by atoms with Gasteiger partial charge in [-0.3, -0.25) is 4.79 Å². The van der Waals surface area contributed by atoms with Crippen LogP contribution in [-0.4, -0.2) is 10.5 Å². The monoisotopic (exact) mass is 235 g/mol. The molecule has 1 heterocycles. The molecular formula is C13H17NO3. The Bertz CT molecular complexity index is 526. The summed E-state index contributed by atoms with van der Waals surface area (Å²) in [6.45, 7) is 8.74. The molecule has 0 unspecified atom stereocenters. The van der Waals surface area contributed by atoms with Crippen LogP contribution in [0.15, 0.2) is 23.0 Å². The Balaban J connectivity index is 3.00. The lowest BCUT2D eigenvalue weighted by Gasteiger charge is -2.11. The van der Waals surface area contributed by atoms with Crippen LogP contribution in [0, 0.1) is 13.8 Å². The van der Waals surface area contributed by atoms with Crippen molar-refractivity contribution >= 4 is 5.97 Å². The van der Waals surface area contributed by atoms with Gasteiger partial charge in [0.15, 0.2) is 0 Å². The van der Waals surface area contributed by atoms with Gasteiger partial charge in [-0.25, -0.2) is 4.79 Å². The van der Waals surface area contributed by atoms with Crippen LogP contribution in [-0.2, 0) is 23.2 Å². The normalized spacial score (nSPS) is 10.1. The molecule has 0 aliphatic heterocycles. The number of carbonyl (C=O) groups excluding carboxylic acids is 1. The van der Waals surface area contributed by atoms with Crippen molar-refractivity contribution < 1.29 is 9.53 Å². The molecule has 0 saturated heterocycles. The van der Waals surface area contributed by atoms with E-state index in [1.165, 1.54) is 4.57 Å². The predicted octanol–water partition coefficient (Wildman–Crippen LogP) is 1.62. The molecule has 0 aliphatic rings. The second-order valence-corrected chi connectivity index (χ2v) is 4.17. The number of aromatic nitrogens is 1. The van der Waals surface area contributed by atoms with E-state index in [0.717, 1.165) is 11.3 Å². The number of hydrogen-bond acceptors (Lipinski definition) is 3. The molecule has 4 heteroatoms. The highest BCUT2D eigenvalue weighted by atomic mass is 16.5. The molecule has 0 atom stereocenters. The van der Waals surface area contributed by atoms with Gasteiger partial charge in [-0.15, -0.1) is 0 Å². The molecule has 0 aromatic carbocycles. The van der Waals surface area contributed by atoms with Crippen LogP contribution in [0.25, 0.3) is 0 Å². The Morgan fingerprint density at radius 3 is 2.59 bits per heavy atom. The summed E-state index contributed by atoms with van der Waals surface area (Å²) in [7, 11) is 1.70. The summed E-state index contributed by atoms with van der Waals surface area (Å²) < 4.78 is 6.53. The number of pyridine rings is 1. The van der Waals surface area contributed by atoms with Gasteiger partial charge in [0.1, 0.15) is 6.61 Å². The van der Waals surface area contributed by atoms with Gasteiger partial charge in [0.25, 0.3) is 5.56 Å². The Hall–Kier alpha value is -1.84. The standard InChI is InChI=1S/C13H17NO3/c1-8(2)13(16)17-7-11-9(3)6-10(4)14(5)12(11)15/h6H,1,7H2,2-5H3. The van der Waals surface area contributed by atoms with Crippen molar-refractivity contribution in [3.8, 4) is 0 Å². The highest BCUT2D eigenvalue weighted by Gasteiger charge is 2.11. The topological polar surface area (TPSA) is 48.3 Å². The summed E-state index contributed by atoms with van der Waals surface area (Å²) in [5, 5.41) is 0. The van der Waals surface area contributed by atoms with E-state index in [4.69, 9.17) is 4.74 Å². The molecular weight excluding hydrogens is 218 g/mol. The van der Waals surface area contributed by atoms with Crippen LogP contribution in [0.5, 0.6) is 0 Å². The summed E-state index contributed by atoms with van der Waals surface area (Å²) in [6.07, 6.45) is 0. The first-order chi connectivity index (χ1) is 7.84. The number of esters is 1. The van der Waals surface area contributed by atoms with Crippen molar-refractivity contribution in [1.29, 1.82) is 0 Å². The lowest BCUT2D eigenvalue weighted by atomic mass is 10.1. The Morgan fingerprint density at radius 1 is 1.47 bits per heavy atom. The summed E-state index contributed by atoms with van der Waals surface area (Å²) in [5.74, 6) is -0.480. The van der Waals surface area contributed by atoms with Crippen LogP contribution in [0.2, 0.25) is 0 Å². The number of ether oxygens (including phenoxy) is 1. The van der Waals surface area contributed by atoms with Gasteiger partial charge in [-0.2, -0.15) is 0 Å². The zero-order valence-corrected chi connectivity index (χ0v) is 10.7. The number of rotatable bonds is 3. The van der Waals surface area contributed by atoms with E-state index < -0.39 is 5.97 Å². The Morgan fingerprint density at radius 2 is 2.06 bits per heavy atom. The number of aryl methyl sites for hydroxylation is 2. The van der Waals surface area contributed by atoms with Crippen LogP contribution < -0.4 is 5.56 Å². The van der Waals surface area contributed by atoms with Crippen molar-refractivity contribution in [2.75, 3.05) is 0 Å². The van der Waals surface area contributed by atoms with E-state index in [2.05, 4.69) is 6.58 Å². The largest absolute Gasteiger partial charge is 0.457 e. The molecule has 0 fully saturated rings. The quantitative estimate of drug-likeness (QED) is 0.591. The molecule has 0 saturated carbocycles. The third-order valence-corrected chi connectivity index (χ3v) is 2.69. The van der Waals surface area contributed by atoms with E-state index in [1.54, 1.807) is 14.0 Å². The van der Waals surface area contributed by atoms with Crippen molar-refractivity contribution in [2.45, 2.75) is 27.4 Å². The molecule has 1 aromatic heterocycles. The molecule has 1 aromatic rings. The van der Waals surface area contributed by atoms with Crippen molar-refractivity contribution in [3.63, 3.8) is 0 Å². The summed E-state index contributed by atoms with van der Waals surface area (Å²) in [5.41, 5.74) is 2.42. The first-order valence-corrected chi connectivity index (χ1v) is 5.33. The van der Waals surface area contributed by atoms with Crippen LogP contribution in [0.1, 0.15) is 23.7 Å². The van der Waals surface area contributed by atoms with Gasteiger partial charge in [-0.05, 0) is 32.4 Å². The lowest BCUT2D eigenvalue weighted by Crippen LogP contribution is -2.25. The lowest BCUT2D eigenvalue weighted by molar-refractivity contribution is -0.140. The molecule has 4 nitrogen and oxygen atoms in total. The molecule has 0 bridgehead atoms. The summed E-state index contributed by atoms with van der Waals surface area (Å²) >= 11 is 0. The minimum Gasteiger partial charge on any atom is -0.457 e.